The van der Waals surface area contributed by atoms with Crippen LogP contribution in [0.2, 0.25) is 0 Å². The fraction of sp³-hybridized carbons (Fsp3) is 0.600. The summed E-state index contributed by atoms with van der Waals surface area (Å²) in [5.74, 6) is 0.436. The van der Waals surface area contributed by atoms with Gasteiger partial charge >= 0.3 is 0 Å². The summed E-state index contributed by atoms with van der Waals surface area (Å²) in [6.07, 6.45) is 1.15. The van der Waals surface area contributed by atoms with Gasteiger partial charge in [0.2, 0.25) is 0 Å². The molecule has 3 heteroatoms. The second-order valence-electron chi connectivity index (χ2n) is 5.22. The minimum Gasteiger partial charge on any atom is -0.368 e. The molecule has 1 N–H and O–H groups in total. The molecule has 1 saturated heterocycles. The fourth-order valence-electron chi connectivity index (χ4n) is 2.91. The van der Waals surface area contributed by atoms with E-state index in [2.05, 4.69) is 31.0 Å². The van der Waals surface area contributed by atoms with Gasteiger partial charge in [0.15, 0.2) is 0 Å². The van der Waals surface area contributed by atoms with Crippen molar-refractivity contribution >= 4 is 5.69 Å². The third-order valence-electron chi connectivity index (χ3n) is 4.19. The van der Waals surface area contributed by atoms with Gasteiger partial charge in [-0.3, -0.25) is 0 Å². The van der Waals surface area contributed by atoms with Gasteiger partial charge in [-0.15, -0.1) is 0 Å². The van der Waals surface area contributed by atoms with Gasteiger partial charge in [0.25, 0.3) is 0 Å². The molecule has 1 heterocycles. The Bertz CT molecular complexity index is 377. The third kappa shape index (κ3) is 2.66. The van der Waals surface area contributed by atoms with E-state index in [0.29, 0.717) is 18.0 Å². The highest BCUT2D eigenvalue weighted by atomic mass is 19.1. The van der Waals surface area contributed by atoms with Crippen LogP contribution in [0.1, 0.15) is 27.2 Å². The van der Waals surface area contributed by atoms with E-state index in [0.717, 1.165) is 25.2 Å². The third-order valence-corrected chi connectivity index (χ3v) is 4.19. The molecule has 0 radical (unpaired) electrons. The zero-order valence-corrected chi connectivity index (χ0v) is 11.5. The maximum atomic E-state index is 13.0. The van der Waals surface area contributed by atoms with E-state index in [1.165, 1.54) is 0 Å². The number of hydrogen-bond acceptors (Lipinski definition) is 2. The van der Waals surface area contributed by atoms with E-state index in [-0.39, 0.29) is 5.82 Å². The highest BCUT2D eigenvalue weighted by molar-refractivity contribution is 5.48. The van der Waals surface area contributed by atoms with Gasteiger partial charge in [0, 0.05) is 24.3 Å². The van der Waals surface area contributed by atoms with Crippen LogP contribution >= 0.6 is 0 Å². The first-order valence-corrected chi connectivity index (χ1v) is 6.89. The van der Waals surface area contributed by atoms with Crippen LogP contribution in [-0.2, 0) is 0 Å². The van der Waals surface area contributed by atoms with Crippen LogP contribution in [0, 0.1) is 11.7 Å². The van der Waals surface area contributed by atoms with E-state index < -0.39 is 0 Å². The summed E-state index contributed by atoms with van der Waals surface area (Å²) >= 11 is 0. The predicted octanol–water partition coefficient (Wildman–Crippen LogP) is 3.04. The van der Waals surface area contributed by atoms with Gasteiger partial charge in [-0.2, -0.15) is 0 Å². The second kappa shape index (κ2) is 5.70. The quantitative estimate of drug-likeness (QED) is 0.887. The Labute approximate surface area is 109 Å². The monoisotopic (exact) mass is 250 g/mol. The lowest BCUT2D eigenvalue weighted by Gasteiger charge is -2.44. The number of hydrogen-bond donors (Lipinski definition) is 1. The summed E-state index contributed by atoms with van der Waals surface area (Å²) < 4.78 is 13.0. The number of anilines is 1. The molecule has 0 bridgehead atoms. The average Bonchev–Trinajstić information content (AvgIpc) is 2.37. The van der Waals surface area contributed by atoms with E-state index >= 15 is 0 Å². The molecule has 0 spiro atoms. The minimum absolute atomic E-state index is 0.165. The fourth-order valence-corrected chi connectivity index (χ4v) is 2.91. The largest absolute Gasteiger partial charge is 0.368 e. The van der Waals surface area contributed by atoms with Gasteiger partial charge in [0.05, 0.1) is 0 Å². The molecule has 1 aromatic carbocycles. The highest BCUT2D eigenvalue weighted by Crippen LogP contribution is 2.28. The standard InChI is InChI=1S/C15H23FN2/c1-4-17-15-9-10-18(12(3)11(15)2)14-7-5-13(16)6-8-14/h5-8,11-12,15,17H,4,9-10H2,1-3H3. The first kappa shape index (κ1) is 13.3. The Kier molecular flexibility index (Phi) is 4.23. The zero-order chi connectivity index (χ0) is 13.1. The van der Waals surface area contributed by atoms with Crippen molar-refractivity contribution in [2.75, 3.05) is 18.0 Å². The molecule has 2 nitrogen and oxygen atoms in total. The molecule has 0 saturated carbocycles. The number of nitrogens with zero attached hydrogens (tertiary/aromatic N) is 1. The van der Waals surface area contributed by atoms with Gasteiger partial charge in [-0.25, -0.2) is 4.39 Å². The summed E-state index contributed by atoms with van der Waals surface area (Å²) in [5, 5.41) is 3.56. The molecular weight excluding hydrogens is 227 g/mol. The number of rotatable bonds is 3. The molecule has 1 aliphatic heterocycles. The van der Waals surface area contributed by atoms with Crippen molar-refractivity contribution in [1.29, 1.82) is 0 Å². The van der Waals surface area contributed by atoms with E-state index in [9.17, 15) is 4.39 Å². The molecule has 0 amide bonds. The van der Waals surface area contributed by atoms with E-state index in [1.54, 1.807) is 12.1 Å². The Balaban J connectivity index is 2.10. The normalized spacial score (nSPS) is 28.4. The Morgan fingerprint density at radius 1 is 1.28 bits per heavy atom. The van der Waals surface area contributed by atoms with Gasteiger partial charge in [-0.05, 0) is 50.1 Å². The summed E-state index contributed by atoms with van der Waals surface area (Å²) in [5.41, 5.74) is 1.13. The molecule has 1 aromatic rings. The Morgan fingerprint density at radius 2 is 1.94 bits per heavy atom. The summed E-state index contributed by atoms with van der Waals surface area (Å²) in [4.78, 5) is 2.39. The first-order valence-electron chi connectivity index (χ1n) is 6.89. The van der Waals surface area contributed by atoms with Crippen LogP contribution in [0.5, 0.6) is 0 Å². The van der Waals surface area contributed by atoms with Crippen LogP contribution in [0.3, 0.4) is 0 Å². The van der Waals surface area contributed by atoms with Gasteiger partial charge in [-0.1, -0.05) is 13.8 Å². The predicted molar refractivity (Wildman–Crippen MR) is 74.5 cm³/mol. The lowest BCUT2D eigenvalue weighted by molar-refractivity contribution is 0.274. The zero-order valence-electron chi connectivity index (χ0n) is 11.5. The summed E-state index contributed by atoms with van der Waals surface area (Å²) in [6.45, 7) is 8.78. The van der Waals surface area contributed by atoms with Crippen LogP contribution in [-0.4, -0.2) is 25.2 Å². The van der Waals surface area contributed by atoms with Crippen molar-refractivity contribution in [3.05, 3.63) is 30.1 Å². The van der Waals surface area contributed by atoms with Crippen LogP contribution < -0.4 is 10.2 Å². The smallest absolute Gasteiger partial charge is 0.123 e. The van der Waals surface area contributed by atoms with Crippen LogP contribution in [0.15, 0.2) is 24.3 Å². The summed E-state index contributed by atoms with van der Waals surface area (Å²) in [7, 11) is 0. The lowest BCUT2D eigenvalue weighted by Crippen LogP contribution is -2.53. The van der Waals surface area contributed by atoms with Crippen molar-refractivity contribution in [2.24, 2.45) is 5.92 Å². The molecule has 3 unspecified atom stereocenters. The maximum Gasteiger partial charge on any atom is 0.123 e. The van der Waals surface area contributed by atoms with Crippen molar-refractivity contribution in [3.8, 4) is 0 Å². The molecule has 0 aromatic heterocycles. The van der Waals surface area contributed by atoms with E-state index in [1.807, 2.05) is 12.1 Å². The van der Waals surface area contributed by atoms with Crippen LogP contribution in [0.25, 0.3) is 0 Å². The second-order valence-corrected chi connectivity index (χ2v) is 5.22. The lowest BCUT2D eigenvalue weighted by atomic mass is 9.86. The first-order chi connectivity index (χ1) is 8.63. The van der Waals surface area contributed by atoms with Crippen molar-refractivity contribution < 1.29 is 4.39 Å². The molecule has 2 rings (SSSR count). The van der Waals surface area contributed by atoms with Gasteiger partial charge in [0.1, 0.15) is 5.82 Å². The number of piperidine rings is 1. The molecule has 3 atom stereocenters. The highest BCUT2D eigenvalue weighted by Gasteiger charge is 2.31. The number of halogens is 1. The van der Waals surface area contributed by atoms with Crippen LogP contribution in [0.4, 0.5) is 10.1 Å². The molecule has 1 aliphatic rings. The number of nitrogens with one attached hydrogen (secondary N) is 1. The Morgan fingerprint density at radius 3 is 2.56 bits per heavy atom. The molecule has 1 fully saturated rings. The van der Waals surface area contributed by atoms with Crippen molar-refractivity contribution in [3.63, 3.8) is 0 Å². The minimum atomic E-state index is -0.165. The number of benzene rings is 1. The van der Waals surface area contributed by atoms with Crippen molar-refractivity contribution in [1.82, 2.24) is 5.32 Å². The molecule has 0 aliphatic carbocycles. The molecule has 100 valence electrons. The van der Waals surface area contributed by atoms with E-state index in [4.69, 9.17) is 0 Å². The Hall–Kier alpha value is -1.09. The molecule has 18 heavy (non-hydrogen) atoms. The topological polar surface area (TPSA) is 15.3 Å². The van der Waals surface area contributed by atoms with Gasteiger partial charge < -0.3 is 10.2 Å². The molecular formula is C15H23FN2. The maximum absolute atomic E-state index is 13.0. The van der Waals surface area contributed by atoms with Crippen molar-refractivity contribution in [2.45, 2.75) is 39.3 Å². The average molecular weight is 250 g/mol. The SMILES string of the molecule is CCNC1CCN(c2ccc(F)cc2)C(C)C1C. The summed E-state index contributed by atoms with van der Waals surface area (Å²) in [6, 6.07) is 7.93.